The van der Waals surface area contributed by atoms with Gasteiger partial charge in [0.2, 0.25) is 0 Å². The van der Waals surface area contributed by atoms with Crippen molar-refractivity contribution >= 4 is 6.03 Å². The van der Waals surface area contributed by atoms with Gasteiger partial charge in [0.1, 0.15) is 0 Å². The Balaban J connectivity index is 1.46. The van der Waals surface area contributed by atoms with Crippen molar-refractivity contribution in [1.82, 2.24) is 19.8 Å². The third kappa shape index (κ3) is 2.18. The van der Waals surface area contributed by atoms with Gasteiger partial charge in [0.05, 0.1) is 24.6 Å². The summed E-state index contributed by atoms with van der Waals surface area (Å²) in [6.45, 7) is 2.20. The summed E-state index contributed by atoms with van der Waals surface area (Å²) in [5, 5.41) is 3.19. The standard InChI is InChI=1S/C16H18N4O/c21-16(19-7-8-20-11-17-9-13(20)10-19)18-15-6-5-12-3-1-2-4-14(12)15/h1-4,9,11,15H,5-8,10H2,(H,18,21)/t15-/m0/s1. The summed E-state index contributed by atoms with van der Waals surface area (Å²) in [5.41, 5.74) is 3.73. The van der Waals surface area contributed by atoms with Gasteiger partial charge in [0.25, 0.3) is 0 Å². The molecule has 21 heavy (non-hydrogen) atoms. The zero-order valence-electron chi connectivity index (χ0n) is 11.8. The van der Waals surface area contributed by atoms with Crippen LogP contribution in [-0.4, -0.2) is 27.0 Å². The third-order valence-corrected chi connectivity index (χ3v) is 4.48. The minimum atomic E-state index is 0.0316. The van der Waals surface area contributed by atoms with E-state index in [4.69, 9.17) is 0 Å². The van der Waals surface area contributed by atoms with Gasteiger partial charge in [0, 0.05) is 19.3 Å². The van der Waals surface area contributed by atoms with Gasteiger partial charge in [-0.25, -0.2) is 9.78 Å². The van der Waals surface area contributed by atoms with Gasteiger partial charge in [-0.15, -0.1) is 0 Å². The average molecular weight is 282 g/mol. The summed E-state index contributed by atoms with van der Waals surface area (Å²) < 4.78 is 2.11. The van der Waals surface area contributed by atoms with Crippen molar-refractivity contribution in [3.63, 3.8) is 0 Å². The fraction of sp³-hybridized carbons (Fsp3) is 0.375. The van der Waals surface area contributed by atoms with Gasteiger partial charge >= 0.3 is 6.03 Å². The van der Waals surface area contributed by atoms with E-state index >= 15 is 0 Å². The first-order chi connectivity index (χ1) is 10.3. The Morgan fingerprint density at radius 2 is 2.19 bits per heavy atom. The molecule has 1 atom stereocenters. The number of nitrogens with zero attached hydrogens (tertiary/aromatic N) is 3. The number of nitrogens with one attached hydrogen (secondary N) is 1. The maximum absolute atomic E-state index is 12.5. The van der Waals surface area contributed by atoms with E-state index in [9.17, 15) is 4.79 Å². The molecule has 2 aliphatic rings. The molecule has 1 aromatic heterocycles. The summed E-state index contributed by atoms with van der Waals surface area (Å²) in [4.78, 5) is 18.5. The lowest BCUT2D eigenvalue weighted by Crippen LogP contribution is -2.44. The molecule has 4 rings (SSSR count). The Hall–Kier alpha value is -2.30. The first-order valence-electron chi connectivity index (χ1n) is 7.43. The Morgan fingerprint density at radius 1 is 1.29 bits per heavy atom. The molecule has 5 heteroatoms. The number of hydrogen-bond acceptors (Lipinski definition) is 2. The minimum Gasteiger partial charge on any atom is -0.331 e. The van der Waals surface area contributed by atoms with E-state index < -0.39 is 0 Å². The molecule has 1 aliphatic heterocycles. The molecule has 0 radical (unpaired) electrons. The second-order valence-electron chi connectivity index (χ2n) is 5.74. The van der Waals surface area contributed by atoms with Crippen molar-refractivity contribution in [1.29, 1.82) is 0 Å². The molecule has 1 aromatic carbocycles. The van der Waals surface area contributed by atoms with Crippen molar-refractivity contribution < 1.29 is 4.79 Å². The van der Waals surface area contributed by atoms with Gasteiger partial charge in [0.15, 0.2) is 0 Å². The molecule has 0 spiro atoms. The lowest BCUT2D eigenvalue weighted by atomic mass is 10.1. The monoisotopic (exact) mass is 282 g/mol. The number of imidazole rings is 1. The molecule has 1 N–H and O–H groups in total. The zero-order valence-corrected chi connectivity index (χ0v) is 11.8. The third-order valence-electron chi connectivity index (χ3n) is 4.48. The predicted molar refractivity (Wildman–Crippen MR) is 78.7 cm³/mol. The molecule has 0 saturated heterocycles. The maximum Gasteiger partial charge on any atom is 0.318 e. The van der Waals surface area contributed by atoms with E-state index in [1.54, 1.807) is 0 Å². The van der Waals surface area contributed by atoms with Gasteiger partial charge in [-0.05, 0) is 24.0 Å². The van der Waals surface area contributed by atoms with E-state index in [0.29, 0.717) is 6.54 Å². The number of hydrogen-bond donors (Lipinski definition) is 1. The second kappa shape index (κ2) is 4.91. The first kappa shape index (κ1) is 12.4. The largest absolute Gasteiger partial charge is 0.331 e. The van der Waals surface area contributed by atoms with E-state index in [2.05, 4.69) is 33.1 Å². The van der Waals surface area contributed by atoms with E-state index in [1.165, 1.54) is 11.1 Å². The van der Waals surface area contributed by atoms with Crippen LogP contribution in [0.15, 0.2) is 36.8 Å². The predicted octanol–water partition coefficient (Wildman–Crippen LogP) is 2.10. The minimum absolute atomic E-state index is 0.0316. The molecular weight excluding hydrogens is 264 g/mol. The van der Waals surface area contributed by atoms with Crippen LogP contribution in [0.4, 0.5) is 4.79 Å². The van der Waals surface area contributed by atoms with Crippen LogP contribution in [0.25, 0.3) is 0 Å². The molecular formula is C16H18N4O. The topological polar surface area (TPSA) is 50.2 Å². The highest BCUT2D eigenvalue weighted by Crippen LogP contribution is 2.30. The number of aromatic nitrogens is 2. The Kier molecular flexibility index (Phi) is 2.91. The van der Waals surface area contributed by atoms with Crippen LogP contribution in [0, 0.1) is 0 Å². The van der Waals surface area contributed by atoms with Gasteiger partial charge < -0.3 is 14.8 Å². The van der Waals surface area contributed by atoms with Crippen molar-refractivity contribution in [3.05, 3.63) is 53.6 Å². The number of rotatable bonds is 1. The van der Waals surface area contributed by atoms with Crippen molar-refractivity contribution in [3.8, 4) is 0 Å². The Morgan fingerprint density at radius 3 is 3.14 bits per heavy atom. The molecule has 2 heterocycles. The number of aryl methyl sites for hydroxylation is 1. The number of urea groups is 1. The normalized spacial score (nSPS) is 20.0. The summed E-state index contributed by atoms with van der Waals surface area (Å²) >= 11 is 0. The van der Waals surface area contributed by atoms with Crippen LogP contribution in [0.2, 0.25) is 0 Å². The summed E-state index contributed by atoms with van der Waals surface area (Å²) in [7, 11) is 0. The number of carbonyl (C=O) groups excluding carboxylic acids is 1. The maximum atomic E-state index is 12.5. The number of carbonyl (C=O) groups is 1. The molecule has 2 amide bonds. The highest BCUT2D eigenvalue weighted by atomic mass is 16.2. The van der Waals surface area contributed by atoms with Crippen LogP contribution < -0.4 is 5.32 Å². The van der Waals surface area contributed by atoms with Crippen LogP contribution in [0.3, 0.4) is 0 Å². The average Bonchev–Trinajstić information content (AvgIpc) is 3.13. The molecule has 1 aliphatic carbocycles. The van der Waals surface area contributed by atoms with Crippen LogP contribution >= 0.6 is 0 Å². The van der Waals surface area contributed by atoms with E-state index in [0.717, 1.165) is 31.6 Å². The Bertz CT molecular complexity index is 678. The number of amides is 2. The van der Waals surface area contributed by atoms with Crippen LogP contribution in [0.5, 0.6) is 0 Å². The first-order valence-corrected chi connectivity index (χ1v) is 7.43. The lowest BCUT2D eigenvalue weighted by molar-refractivity contribution is 0.179. The molecule has 0 saturated carbocycles. The molecule has 0 unspecified atom stereocenters. The fourth-order valence-corrected chi connectivity index (χ4v) is 3.30. The highest BCUT2D eigenvalue weighted by Gasteiger charge is 2.27. The molecule has 0 bridgehead atoms. The van der Waals surface area contributed by atoms with Crippen molar-refractivity contribution in [2.45, 2.75) is 32.0 Å². The fourth-order valence-electron chi connectivity index (χ4n) is 3.30. The zero-order chi connectivity index (χ0) is 14.2. The quantitative estimate of drug-likeness (QED) is 0.870. The number of benzene rings is 1. The molecule has 5 nitrogen and oxygen atoms in total. The number of fused-ring (bicyclic) bond motifs is 2. The van der Waals surface area contributed by atoms with Crippen LogP contribution in [0.1, 0.15) is 29.3 Å². The second-order valence-corrected chi connectivity index (χ2v) is 5.74. The summed E-state index contributed by atoms with van der Waals surface area (Å²) in [6.07, 6.45) is 5.72. The Labute approximate surface area is 123 Å². The lowest BCUT2D eigenvalue weighted by Gasteiger charge is -2.29. The summed E-state index contributed by atoms with van der Waals surface area (Å²) in [5.74, 6) is 0. The smallest absolute Gasteiger partial charge is 0.318 e. The molecule has 108 valence electrons. The van der Waals surface area contributed by atoms with Gasteiger partial charge in [-0.2, -0.15) is 0 Å². The highest BCUT2D eigenvalue weighted by molar-refractivity contribution is 5.75. The van der Waals surface area contributed by atoms with Crippen molar-refractivity contribution in [2.75, 3.05) is 6.54 Å². The van der Waals surface area contributed by atoms with Crippen molar-refractivity contribution in [2.24, 2.45) is 0 Å². The molecule has 2 aromatic rings. The summed E-state index contributed by atoms with van der Waals surface area (Å²) in [6, 6.07) is 8.57. The molecule has 0 fully saturated rings. The van der Waals surface area contributed by atoms with E-state index in [1.807, 2.05) is 23.5 Å². The van der Waals surface area contributed by atoms with Gasteiger partial charge in [-0.3, -0.25) is 0 Å². The SMILES string of the molecule is O=C(N[C@H]1CCc2ccccc21)N1CCn2cncc2C1. The van der Waals surface area contributed by atoms with Crippen LogP contribution in [-0.2, 0) is 19.5 Å². The van der Waals surface area contributed by atoms with E-state index in [-0.39, 0.29) is 12.1 Å². The van der Waals surface area contributed by atoms with Gasteiger partial charge in [-0.1, -0.05) is 24.3 Å².